The van der Waals surface area contributed by atoms with Gasteiger partial charge in [-0.15, -0.1) is 25.3 Å². The third kappa shape index (κ3) is 9.62. The molecule has 206 valence electrons. The first-order valence-corrected chi connectivity index (χ1v) is 16.2. The summed E-state index contributed by atoms with van der Waals surface area (Å²) in [5, 5.41) is 1.51. The highest BCUT2D eigenvalue weighted by molar-refractivity contribution is 8.02. The van der Waals surface area contributed by atoms with Crippen LogP contribution >= 0.6 is 48.8 Å². The molecule has 0 aliphatic heterocycles. The van der Waals surface area contributed by atoms with E-state index in [-0.39, 0.29) is 22.2 Å². The number of aromatic nitrogens is 4. The summed E-state index contributed by atoms with van der Waals surface area (Å²) in [7, 11) is 0. The predicted molar refractivity (Wildman–Crippen MR) is 164 cm³/mol. The number of aryl methyl sites for hydroxylation is 2. The predicted octanol–water partition coefficient (Wildman–Crippen LogP) is 6.01. The largest absolute Gasteiger partial charge is 0.329 e. The fourth-order valence-corrected chi connectivity index (χ4v) is 7.40. The van der Waals surface area contributed by atoms with Crippen LogP contribution in [0.3, 0.4) is 0 Å². The van der Waals surface area contributed by atoms with E-state index >= 15 is 0 Å². The zero-order chi connectivity index (χ0) is 26.9. The van der Waals surface area contributed by atoms with Crippen LogP contribution < -0.4 is 11.4 Å². The van der Waals surface area contributed by atoms with Gasteiger partial charge in [0, 0.05) is 50.1 Å². The summed E-state index contributed by atoms with van der Waals surface area (Å²) in [6.07, 6.45) is 7.90. The average molecular weight is 575 g/mol. The van der Waals surface area contributed by atoms with Crippen LogP contribution in [-0.2, 0) is 26.2 Å². The Morgan fingerprint density at radius 2 is 1.03 bits per heavy atom. The second kappa shape index (κ2) is 14.5. The number of imidazole rings is 2. The molecule has 2 heterocycles. The minimum atomic E-state index is 0.0452. The van der Waals surface area contributed by atoms with Crippen LogP contribution in [0.1, 0.15) is 67.2 Å². The lowest BCUT2D eigenvalue weighted by Gasteiger charge is -2.25. The van der Waals surface area contributed by atoms with Crippen molar-refractivity contribution >= 4 is 48.8 Å². The van der Waals surface area contributed by atoms with Crippen molar-refractivity contribution in [3.05, 3.63) is 33.4 Å². The fraction of sp³-hybridized carbons (Fsp3) is 0.769. The topological polar surface area (TPSA) is 53.9 Å². The maximum absolute atomic E-state index is 12.4. The molecule has 0 amide bonds. The Balaban J connectivity index is 1.59. The molecule has 0 aromatic carbocycles. The summed E-state index contributed by atoms with van der Waals surface area (Å²) in [6, 6.07) is 0. The number of thiol groups is 2. The maximum Gasteiger partial charge on any atom is 0.329 e. The number of nitrogens with zero attached hydrogens (tertiary/aromatic N) is 4. The molecule has 0 N–H and O–H groups in total. The quantitative estimate of drug-likeness (QED) is 0.180. The molecule has 36 heavy (non-hydrogen) atoms. The second-order valence-electron chi connectivity index (χ2n) is 11.0. The molecule has 0 atom stereocenters. The molecule has 0 bridgehead atoms. The van der Waals surface area contributed by atoms with Crippen molar-refractivity contribution in [3.63, 3.8) is 0 Å². The van der Waals surface area contributed by atoms with Crippen LogP contribution in [0.4, 0.5) is 0 Å². The third-order valence-electron chi connectivity index (χ3n) is 6.97. The van der Waals surface area contributed by atoms with Crippen molar-refractivity contribution < 1.29 is 0 Å². The van der Waals surface area contributed by atoms with Gasteiger partial charge < -0.3 is 0 Å². The first-order chi connectivity index (χ1) is 16.9. The van der Waals surface area contributed by atoms with E-state index in [0.717, 1.165) is 60.3 Å². The van der Waals surface area contributed by atoms with Gasteiger partial charge in [-0.05, 0) is 61.9 Å². The minimum Gasteiger partial charge on any atom is -0.298 e. The van der Waals surface area contributed by atoms with Crippen LogP contribution in [0.25, 0.3) is 0 Å². The van der Waals surface area contributed by atoms with E-state index in [1.165, 1.54) is 11.5 Å². The van der Waals surface area contributed by atoms with Gasteiger partial charge in [-0.25, -0.2) is 9.59 Å². The highest BCUT2D eigenvalue weighted by Gasteiger charge is 2.20. The molecule has 6 nitrogen and oxygen atoms in total. The Kier molecular flexibility index (Phi) is 12.8. The zero-order valence-corrected chi connectivity index (χ0v) is 26.4. The van der Waals surface area contributed by atoms with Crippen molar-refractivity contribution in [1.29, 1.82) is 0 Å². The molecule has 2 rings (SSSR count). The van der Waals surface area contributed by atoms with Crippen LogP contribution in [0.15, 0.2) is 32.0 Å². The van der Waals surface area contributed by atoms with Gasteiger partial charge in [0.05, 0.1) is 10.1 Å². The van der Waals surface area contributed by atoms with Crippen molar-refractivity contribution in [3.8, 4) is 0 Å². The Bertz CT molecular complexity index is 981. The highest BCUT2D eigenvalue weighted by atomic mass is 32.2. The summed E-state index contributed by atoms with van der Waals surface area (Å²) in [4.78, 5) is 24.8. The first kappa shape index (κ1) is 31.6. The lowest BCUT2D eigenvalue weighted by Crippen LogP contribution is -2.26. The monoisotopic (exact) mass is 574 g/mol. The molecule has 10 heteroatoms. The molecular weight excluding hydrogens is 529 g/mol. The maximum atomic E-state index is 12.4. The van der Waals surface area contributed by atoms with Gasteiger partial charge in [0.15, 0.2) is 0 Å². The van der Waals surface area contributed by atoms with Crippen LogP contribution in [0, 0.1) is 10.8 Å². The van der Waals surface area contributed by atoms with E-state index in [9.17, 15) is 9.59 Å². The highest BCUT2D eigenvalue weighted by Crippen LogP contribution is 2.30. The van der Waals surface area contributed by atoms with Crippen molar-refractivity contribution in [2.24, 2.45) is 10.8 Å². The van der Waals surface area contributed by atoms with E-state index in [2.05, 4.69) is 53.0 Å². The molecule has 2 aromatic heterocycles. The molecule has 0 aliphatic rings. The molecular formula is C26H46N4O2S4. The second-order valence-corrected chi connectivity index (χ2v) is 14.3. The van der Waals surface area contributed by atoms with Gasteiger partial charge in [-0.2, -0.15) is 23.5 Å². The molecule has 0 spiro atoms. The summed E-state index contributed by atoms with van der Waals surface area (Å²) in [5.74, 6) is 4.64. The van der Waals surface area contributed by atoms with Gasteiger partial charge in [0.1, 0.15) is 0 Å². The van der Waals surface area contributed by atoms with E-state index in [0.29, 0.717) is 13.1 Å². The average Bonchev–Trinajstić information content (AvgIpc) is 3.25. The molecule has 2 aromatic rings. The smallest absolute Gasteiger partial charge is 0.298 e. The van der Waals surface area contributed by atoms with Crippen LogP contribution in [-0.4, -0.2) is 41.3 Å². The molecule has 0 aliphatic carbocycles. The van der Waals surface area contributed by atoms with E-state index in [1.807, 2.05) is 49.8 Å². The summed E-state index contributed by atoms with van der Waals surface area (Å²) in [6.45, 7) is 16.0. The lowest BCUT2D eigenvalue weighted by atomic mass is 9.86. The Morgan fingerprint density at radius 1 is 0.667 bits per heavy atom. The van der Waals surface area contributed by atoms with Gasteiger partial charge in [-0.1, -0.05) is 27.7 Å². The van der Waals surface area contributed by atoms with Gasteiger partial charge in [0.25, 0.3) is 0 Å². The molecule has 0 fully saturated rings. The SMILES string of the molecule is CCn1cc(S)n(CCC(C)(C)CCSCCSCCC(C)(C)CCn2c(S)cn(CC)c2=O)c1=O. The third-order valence-corrected chi connectivity index (χ3v) is 9.92. The van der Waals surface area contributed by atoms with Gasteiger partial charge >= 0.3 is 11.4 Å². The molecule has 0 unspecified atom stereocenters. The lowest BCUT2D eigenvalue weighted by molar-refractivity contribution is 0.298. The van der Waals surface area contributed by atoms with E-state index < -0.39 is 0 Å². The standard InChI is InChI=1S/C26H46N4O2S4/c1-7-27-19-21(33)29(23(27)31)13-9-25(3,4)11-15-35-17-18-36-16-12-26(5,6)10-14-30-22(34)20-28(8-2)24(30)32/h19-20,33-34H,7-18H2,1-6H3. The van der Waals surface area contributed by atoms with Crippen LogP contribution in [0.5, 0.6) is 0 Å². The van der Waals surface area contributed by atoms with E-state index in [1.54, 1.807) is 18.3 Å². The number of hydrogen-bond acceptors (Lipinski definition) is 6. The first-order valence-electron chi connectivity index (χ1n) is 13.0. The minimum absolute atomic E-state index is 0.0452. The Labute approximate surface area is 236 Å². The van der Waals surface area contributed by atoms with E-state index in [4.69, 9.17) is 0 Å². The van der Waals surface area contributed by atoms with Crippen molar-refractivity contribution in [2.75, 3.05) is 23.0 Å². The fourth-order valence-electron chi connectivity index (χ4n) is 4.01. The van der Waals surface area contributed by atoms with Crippen molar-refractivity contribution in [2.45, 2.75) is 103 Å². The molecule has 0 saturated carbocycles. The summed E-state index contributed by atoms with van der Waals surface area (Å²) >= 11 is 13.0. The zero-order valence-electron chi connectivity index (χ0n) is 23.0. The van der Waals surface area contributed by atoms with Crippen molar-refractivity contribution in [1.82, 2.24) is 18.3 Å². The Morgan fingerprint density at radius 3 is 1.33 bits per heavy atom. The van der Waals surface area contributed by atoms with Gasteiger partial charge in [-0.3, -0.25) is 18.3 Å². The van der Waals surface area contributed by atoms with Gasteiger partial charge in [0.2, 0.25) is 0 Å². The number of hydrogen-bond donors (Lipinski definition) is 2. The number of thioether (sulfide) groups is 2. The molecule has 0 saturated heterocycles. The summed E-state index contributed by atoms with van der Waals surface area (Å²) in [5.41, 5.74) is 0.489. The summed E-state index contributed by atoms with van der Waals surface area (Å²) < 4.78 is 7.01. The molecule has 0 radical (unpaired) electrons. The Hall–Kier alpha value is -0.580. The number of rotatable bonds is 17. The normalized spacial score (nSPS) is 12.6. The van der Waals surface area contributed by atoms with Crippen LogP contribution in [0.2, 0.25) is 0 Å².